The normalized spacial score (nSPS) is 11.8. The molecule has 7 heteroatoms. The predicted molar refractivity (Wildman–Crippen MR) is 97.3 cm³/mol. The molecule has 0 radical (unpaired) electrons. The van der Waals surface area contributed by atoms with Gasteiger partial charge in [-0.15, -0.1) is 0 Å². The van der Waals surface area contributed by atoms with Crippen molar-refractivity contribution in [1.82, 2.24) is 0 Å². The van der Waals surface area contributed by atoms with E-state index in [0.717, 1.165) is 6.42 Å². The zero-order valence-electron chi connectivity index (χ0n) is 17.1. The van der Waals surface area contributed by atoms with Gasteiger partial charge in [-0.3, -0.25) is 14.4 Å². The van der Waals surface area contributed by atoms with Crippen molar-refractivity contribution in [3.8, 4) is 0 Å². The van der Waals surface area contributed by atoms with Crippen LogP contribution in [-0.2, 0) is 28.7 Å². The lowest BCUT2D eigenvalue weighted by Gasteiger charge is -2.16. The number of rotatable bonds is 6. The van der Waals surface area contributed by atoms with E-state index in [1.54, 1.807) is 41.5 Å². The van der Waals surface area contributed by atoms with Crippen LogP contribution < -0.4 is 0 Å². The molecule has 26 heavy (non-hydrogen) atoms. The first-order valence-corrected chi connectivity index (χ1v) is 8.41. The molecule has 0 rings (SSSR count). The highest BCUT2D eigenvalue weighted by molar-refractivity contribution is 6.00. The van der Waals surface area contributed by atoms with Crippen LogP contribution in [-0.4, -0.2) is 35.6 Å². The van der Waals surface area contributed by atoms with E-state index in [1.807, 2.05) is 6.92 Å². The molecule has 0 spiro atoms. The summed E-state index contributed by atoms with van der Waals surface area (Å²) in [5, 5.41) is 8.48. The highest BCUT2D eigenvalue weighted by Crippen LogP contribution is 2.16. The molecular formula is C19H32O7. The Balaban J connectivity index is 0. The molecule has 0 aliphatic heterocycles. The van der Waals surface area contributed by atoms with Gasteiger partial charge in [0.2, 0.25) is 6.79 Å². The quantitative estimate of drug-likeness (QED) is 0.432. The van der Waals surface area contributed by atoms with Gasteiger partial charge in [0.25, 0.3) is 0 Å². The average Bonchev–Trinajstić information content (AvgIpc) is 2.45. The molecule has 0 aliphatic carbocycles. The van der Waals surface area contributed by atoms with E-state index >= 15 is 0 Å². The number of aliphatic carboxylic acids is 1. The number of carbonyl (C=O) groups is 4. The predicted octanol–water partition coefficient (Wildman–Crippen LogP) is 3.51. The second-order valence-corrected chi connectivity index (χ2v) is 7.81. The summed E-state index contributed by atoms with van der Waals surface area (Å²) in [6.07, 6.45) is 2.25. The molecule has 0 fully saturated rings. The van der Waals surface area contributed by atoms with Crippen molar-refractivity contribution in [2.24, 2.45) is 10.8 Å². The molecule has 0 heterocycles. The highest BCUT2D eigenvalue weighted by atomic mass is 16.7. The van der Waals surface area contributed by atoms with Crippen molar-refractivity contribution in [3.63, 3.8) is 0 Å². The van der Waals surface area contributed by atoms with E-state index in [4.69, 9.17) is 9.84 Å². The fourth-order valence-corrected chi connectivity index (χ4v) is 1.12. The Labute approximate surface area is 155 Å². The van der Waals surface area contributed by atoms with E-state index in [2.05, 4.69) is 4.74 Å². The lowest BCUT2D eigenvalue weighted by molar-refractivity contribution is -0.173. The van der Waals surface area contributed by atoms with Crippen LogP contribution in [0.3, 0.4) is 0 Å². The molecule has 0 aromatic rings. The van der Waals surface area contributed by atoms with Crippen LogP contribution in [0.1, 0.15) is 68.2 Å². The van der Waals surface area contributed by atoms with E-state index < -0.39 is 16.8 Å². The van der Waals surface area contributed by atoms with E-state index in [0.29, 0.717) is 6.42 Å². The Kier molecular flexibility index (Phi) is 11.5. The molecule has 0 atom stereocenters. The van der Waals surface area contributed by atoms with E-state index in [9.17, 15) is 19.2 Å². The van der Waals surface area contributed by atoms with Gasteiger partial charge in [-0.2, -0.15) is 0 Å². The standard InChI is InChI=1S/C10H18O4.C9H14O3/c1-5-6-8(11)13-7-14-9(12)10(2,3)4;1-6(8(11)12)5-7(10)9(2,3)4/h5-7H2,1-4H3;5H,1-4H3,(H,11,12). The summed E-state index contributed by atoms with van der Waals surface area (Å²) in [6.45, 7) is 13.5. The number of allylic oxidation sites excluding steroid dienone is 1. The smallest absolute Gasteiger partial charge is 0.331 e. The number of hydrogen-bond acceptors (Lipinski definition) is 6. The third-order valence-corrected chi connectivity index (χ3v) is 2.90. The maximum absolute atomic E-state index is 11.2. The molecular weight excluding hydrogens is 340 g/mol. The van der Waals surface area contributed by atoms with Crippen molar-refractivity contribution in [1.29, 1.82) is 0 Å². The summed E-state index contributed by atoms with van der Waals surface area (Å²) in [7, 11) is 0. The van der Waals surface area contributed by atoms with Crippen LogP contribution >= 0.6 is 0 Å². The lowest BCUT2D eigenvalue weighted by Crippen LogP contribution is -2.24. The fraction of sp³-hybridized carbons (Fsp3) is 0.684. The van der Waals surface area contributed by atoms with Gasteiger partial charge in [-0.25, -0.2) is 4.79 Å². The van der Waals surface area contributed by atoms with Crippen LogP contribution in [0.25, 0.3) is 0 Å². The molecule has 150 valence electrons. The summed E-state index contributed by atoms with van der Waals surface area (Å²) in [5.41, 5.74) is -0.983. The number of hydrogen-bond donors (Lipinski definition) is 1. The molecule has 7 nitrogen and oxygen atoms in total. The van der Waals surface area contributed by atoms with Crippen LogP contribution in [0, 0.1) is 10.8 Å². The summed E-state index contributed by atoms with van der Waals surface area (Å²) >= 11 is 0. The summed E-state index contributed by atoms with van der Waals surface area (Å²) < 4.78 is 9.41. The zero-order chi connectivity index (χ0) is 21.1. The second kappa shape index (κ2) is 11.4. The zero-order valence-corrected chi connectivity index (χ0v) is 17.1. The van der Waals surface area contributed by atoms with Crippen LogP contribution in [0.2, 0.25) is 0 Å². The number of ether oxygens (including phenoxy) is 2. The first-order valence-electron chi connectivity index (χ1n) is 8.41. The number of ketones is 1. The minimum absolute atomic E-state index is 0.0786. The molecule has 0 saturated heterocycles. The van der Waals surface area contributed by atoms with Gasteiger partial charge in [0, 0.05) is 17.4 Å². The Morgan fingerprint density at radius 3 is 1.77 bits per heavy atom. The van der Waals surface area contributed by atoms with Crippen LogP contribution in [0.5, 0.6) is 0 Å². The molecule has 0 saturated carbocycles. The van der Waals surface area contributed by atoms with Crippen molar-refractivity contribution in [2.45, 2.75) is 68.2 Å². The van der Waals surface area contributed by atoms with Crippen molar-refractivity contribution < 1.29 is 33.8 Å². The van der Waals surface area contributed by atoms with Gasteiger partial charge in [-0.1, -0.05) is 27.7 Å². The third-order valence-electron chi connectivity index (χ3n) is 2.90. The molecule has 0 aromatic heterocycles. The topological polar surface area (TPSA) is 107 Å². The first-order chi connectivity index (χ1) is 11.6. The summed E-state index contributed by atoms with van der Waals surface area (Å²) in [5.74, 6) is -1.92. The Bertz CT molecular complexity index is 531. The molecule has 0 aliphatic rings. The van der Waals surface area contributed by atoms with Gasteiger partial charge in [-0.05, 0) is 40.2 Å². The van der Waals surface area contributed by atoms with Gasteiger partial charge < -0.3 is 14.6 Å². The minimum atomic E-state index is -1.05. The van der Waals surface area contributed by atoms with Gasteiger partial charge in [0.15, 0.2) is 5.78 Å². The number of carbonyl (C=O) groups excluding carboxylic acids is 3. The Morgan fingerprint density at radius 2 is 1.42 bits per heavy atom. The molecule has 1 N–H and O–H groups in total. The van der Waals surface area contributed by atoms with Crippen molar-refractivity contribution in [3.05, 3.63) is 11.6 Å². The van der Waals surface area contributed by atoms with Crippen molar-refractivity contribution in [2.75, 3.05) is 6.79 Å². The van der Waals surface area contributed by atoms with Crippen molar-refractivity contribution >= 4 is 23.7 Å². The summed E-state index contributed by atoms with van der Waals surface area (Å²) in [4.78, 5) is 43.6. The first kappa shape index (κ1) is 26.1. The second-order valence-electron chi connectivity index (χ2n) is 7.81. The lowest BCUT2D eigenvalue weighted by atomic mass is 9.90. The number of carboxylic acid groups (broad SMARTS) is 1. The number of esters is 2. The van der Waals surface area contributed by atoms with Gasteiger partial charge in [0.05, 0.1) is 5.41 Å². The monoisotopic (exact) mass is 372 g/mol. The molecule has 0 aromatic carbocycles. The van der Waals surface area contributed by atoms with Crippen LogP contribution in [0.15, 0.2) is 11.6 Å². The average molecular weight is 372 g/mol. The fourth-order valence-electron chi connectivity index (χ4n) is 1.12. The Morgan fingerprint density at radius 1 is 0.923 bits per heavy atom. The van der Waals surface area contributed by atoms with E-state index in [1.165, 1.54) is 13.0 Å². The maximum atomic E-state index is 11.2. The van der Waals surface area contributed by atoms with E-state index in [-0.39, 0.29) is 30.1 Å². The minimum Gasteiger partial charge on any atom is -0.478 e. The van der Waals surface area contributed by atoms with Gasteiger partial charge >= 0.3 is 17.9 Å². The molecule has 0 amide bonds. The van der Waals surface area contributed by atoms with Gasteiger partial charge in [0.1, 0.15) is 0 Å². The third kappa shape index (κ3) is 13.1. The number of carboxylic acids is 1. The SMILES string of the molecule is CC(=CC(=O)C(C)(C)C)C(=O)O.CCCC(=O)OCOC(=O)C(C)(C)C. The summed E-state index contributed by atoms with van der Waals surface area (Å²) in [6, 6.07) is 0. The largest absolute Gasteiger partial charge is 0.478 e. The molecule has 0 bridgehead atoms. The highest BCUT2D eigenvalue weighted by Gasteiger charge is 2.23. The maximum Gasteiger partial charge on any atom is 0.331 e. The van der Waals surface area contributed by atoms with Crippen LogP contribution in [0.4, 0.5) is 0 Å². The molecule has 0 unspecified atom stereocenters. The Hall–Kier alpha value is -2.18.